The summed E-state index contributed by atoms with van der Waals surface area (Å²) >= 11 is 0. The predicted octanol–water partition coefficient (Wildman–Crippen LogP) is 4.65. The topological polar surface area (TPSA) is 141 Å². The van der Waals surface area contributed by atoms with Crippen LogP contribution in [0, 0.1) is 0 Å². The van der Waals surface area contributed by atoms with Crippen LogP contribution in [0.25, 0.3) is 11.1 Å². The van der Waals surface area contributed by atoms with Crippen molar-refractivity contribution in [2.45, 2.75) is 70.2 Å². The Labute approximate surface area is 279 Å². The van der Waals surface area contributed by atoms with Gasteiger partial charge in [-0.3, -0.25) is 24.6 Å². The molecule has 2 fully saturated rings. The first-order valence-corrected chi connectivity index (χ1v) is 16.5. The van der Waals surface area contributed by atoms with Crippen LogP contribution in [0.15, 0.2) is 73.2 Å². The number of carbonyl (C=O) groups excluding carboxylic acids is 3. The van der Waals surface area contributed by atoms with Crippen LogP contribution in [-0.2, 0) is 28.3 Å². The van der Waals surface area contributed by atoms with E-state index in [-0.39, 0.29) is 18.2 Å². The summed E-state index contributed by atoms with van der Waals surface area (Å²) in [4.78, 5) is 54.3. The van der Waals surface area contributed by atoms with E-state index in [9.17, 15) is 19.5 Å². The zero-order valence-corrected chi connectivity index (χ0v) is 27.1. The molecule has 4 aromatic rings. The molecule has 3 N–H and O–H groups in total. The van der Waals surface area contributed by atoms with Crippen LogP contribution in [0.3, 0.4) is 0 Å². The number of benzene rings is 2. The third-order valence-corrected chi connectivity index (χ3v) is 9.78. The number of fused-ring (bicyclic) bond motifs is 1. The molecule has 2 aromatic carbocycles. The van der Waals surface area contributed by atoms with Crippen LogP contribution in [0.1, 0.15) is 78.1 Å². The maximum Gasteiger partial charge on any atom is 0.255 e. The fourth-order valence-corrected chi connectivity index (χ4v) is 6.75. The Bertz CT molecular complexity index is 1830. The molecule has 5 heterocycles. The van der Waals surface area contributed by atoms with Crippen molar-refractivity contribution in [3.05, 3.63) is 101 Å². The highest BCUT2D eigenvalue weighted by molar-refractivity contribution is 6.05. The van der Waals surface area contributed by atoms with Crippen molar-refractivity contribution in [1.82, 2.24) is 30.1 Å². The Hall–Kier alpha value is -5.00. The third-order valence-electron chi connectivity index (χ3n) is 9.78. The number of carbonyl (C=O) groups is 3. The van der Waals surface area contributed by atoms with Gasteiger partial charge in [0.15, 0.2) is 0 Å². The third kappa shape index (κ3) is 6.43. The highest BCUT2D eigenvalue weighted by Gasteiger charge is 2.40. The molecule has 246 valence electrons. The van der Waals surface area contributed by atoms with Crippen LogP contribution in [0.2, 0.25) is 0 Å². The van der Waals surface area contributed by atoms with Gasteiger partial charge in [-0.15, -0.1) is 0 Å². The minimum absolute atomic E-state index is 0.206. The predicted molar refractivity (Wildman–Crippen MR) is 180 cm³/mol. The number of aliphatic hydroxyl groups is 1. The molecule has 3 aliphatic rings. The molecule has 1 atom stereocenters. The molecule has 11 nitrogen and oxygen atoms in total. The van der Waals surface area contributed by atoms with Gasteiger partial charge in [0.1, 0.15) is 11.9 Å². The summed E-state index contributed by atoms with van der Waals surface area (Å²) in [7, 11) is 0. The molecule has 3 amide bonds. The standard InChI is InChI=1S/C37H39N7O4/c1-23(2)28-19-39-36(40-20-28)41-32-11-7-26(18-38-32)25-5-3-24(4-6-25)21-43-15-13-37(48,14-16-43)29-8-9-30-27(17-29)22-44(35(30)47)31-10-12-33(45)42-34(31)46/h3-9,11,17-20,23,31,48H,10,12-16,21-22H2,1-2H3,(H,42,45,46)(H,38,39,40,41). The second-order valence-electron chi connectivity index (χ2n) is 13.3. The Morgan fingerprint density at radius 1 is 0.938 bits per heavy atom. The first-order valence-electron chi connectivity index (χ1n) is 16.5. The van der Waals surface area contributed by atoms with E-state index in [4.69, 9.17) is 0 Å². The maximum absolute atomic E-state index is 13.1. The fourth-order valence-electron chi connectivity index (χ4n) is 6.75. The Kier molecular flexibility index (Phi) is 8.49. The highest BCUT2D eigenvalue weighted by Crippen LogP contribution is 2.37. The maximum atomic E-state index is 13.1. The van der Waals surface area contributed by atoms with Gasteiger partial charge < -0.3 is 15.3 Å². The van der Waals surface area contributed by atoms with Gasteiger partial charge in [-0.05, 0) is 71.2 Å². The van der Waals surface area contributed by atoms with Gasteiger partial charge in [-0.2, -0.15) is 0 Å². The van der Waals surface area contributed by atoms with Crippen molar-refractivity contribution in [3.63, 3.8) is 0 Å². The van der Waals surface area contributed by atoms with E-state index < -0.39 is 17.6 Å². The zero-order chi connectivity index (χ0) is 33.4. The average molecular weight is 646 g/mol. The molecule has 1 unspecified atom stereocenters. The van der Waals surface area contributed by atoms with E-state index in [2.05, 4.69) is 68.6 Å². The summed E-state index contributed by atoms with van der Waals surface area (Å²) < 4.78 is 0. The molecule has 0 spiro atoms. The monoisotopic (exact) mass is 645 g/mol. The molecule has 7 rings (SSSR count). The number of imide groups is 1. The summed E-state index contributed by atoms with van der Waals surface area (Å²) in [6.07, 6.45) is 7.20. The van der Waals surface area contributed by atoms with Crippen LogP contribution in [-0.4, -0.2) is 66.7 Å². The lowest BCUT2D eigenvalue weighted by Gasteiger charge is -2.38. The van der Waals surface area contributed by atoms with E-state index in [1.54, 1.807) is 11.0 Å². The molecular formula is C37H39N7O4. The minimum atomic E-state index is -0.988. The molecule has 11 heteroatoms. The lowest BCUT2D eigenvalue weighted by atomic mass is 9.83. The Balaban J connectivity index is 0.929. The number of rotatable bonds is 8. The van der Waals surface area contributed by atoms with Crippen LogP contribution in [0.5, 0.6) is 0 Å². The van der Waals surface area contributed by atoms with Gasteiger partial charge in [0, 0.05) is 62.3 Å². The molecule has 0 bridgehead atoms. The lowest BCUT2D eigenvalue weighted by Crippen LogP contribution is -2.52. The minimum Gasteiger partial charge on any atom is -0.385 e. The average Bonchev–Trinajstić information content (AvgIpc) is 3.42. The molecule has 48 heavy (non-hydrogen) atoms. The van der Waals surface area contributed by atoms with E-state index in [1.165, 1.54) is 5.56 Å². The second kappa shape index (κ2) is 12.9. The number of hydrogen-bond donors (Lipinski definition) is 3. The first-order chi connectivity index (χ1) is 23.1. The van der Waals surface area contributed by atoms with Crippen LogP contribution < -0.4 is 10.6 Å². The summed E-state index contributed by atoms with van der Waals surface area (Å²) in [6, 6.07) is 17.3. The number of nitrogens with one attached hydrogen (secondary N) is 2. The van der Waals surface area contributed by atoms with Crippen molar-refractivity contribution in [2.75, 3.05) is 18.4 Å². The van der Waals surface area contributed by atoms with Crippen LogP contribution in [0.4, 0.5) is 11.8 Å². The summed E-state index contributed by atoms with van der Waals surface area (Å²) in [5.41, 5.74) is 5.56. The van der Waals surface area contributed by atoms with E-state index in [0.29, 0.717) is 49.1 Å². The van der Waals surface area contributed by atoms with E-state index >= 15 is 0 Å². The number of pyridine rings is 1. The van der Waals surface area contributed by atoms with Crippen molar-refractivity contribution in [1.29, 1.82) is 0 Å². The van der Waals surface area contributed by atoms with E-state index in [1.807, 2.05) is 42.9 Å². The lowest BCUT2D eigenvalue weighted by molar-refractivity contribution is -0.136. The van der Waals surface area contributed by atoms with E-state index in [0.717, 1.165) is 47.5 Å². The van der Waals surface area contributed by atoms with Gasteiger partial charge >= 0.3 is 0 Å². The number of hydrogen-bond acceptors (Lipinski definition) is 9. The Morgan fingerprint density at radius 3 is 2.33 bits per heavy atom. The molecule has 2 aromatic heterocycles. The molecule has 0 radical (unpaired) electrons. The molecule has 3 aliphatic heterocycles. The molecule has 0 aliphatic carbocycles. The Morgan fingerprint density at radius 2 is 1.67 bits per heavy atom. The van der Waals surface area contributed by atoms with Crippen molar-refractivity contribution in [3.8, 4) is 11.1 Å². The highest BCUT2D eigenvalue weighted by atomic mass is 16.3. The number of nitrogens with zero attached hydrogens (tertiary/aromatic N) is 5. The quantitative estimate of drug-likeness (QED) is 0.234. The summed E-state index contributed by atoms with van der Waals surface area (Å²) in [5.74, 6) is 0.640. The summed E-state index contributed by atoms with van der Waals surface area (Å²) in [5, 5.41) is 17.2. The van der Waals surface area contributed by atoms with Gasteiger partial charge in [-0.1, -0.05) is 50.2 Å². The number of likely N-dealkylation sites (tertiary alicyclic amines) is 1. The fraction of sp³-hybridized carbons (Fsp3) is 0.351. The van der Waals surface area contributed by atoms with Crippen molar-refractivity contribution in [2.24, 2.45) is 0 Å². The number of amides is 3. The zero-order valence-electron chi connectivity index (χ0n) is 27.1. The number of aromatic nitrogens is 3. The van der Waals surface area contributed by atoms with Gasteiger partial charge in [-0.25, -0.2) is 15.0 Å². The van der Waals surface area contributed by atoms with Crippen LogP contribution >= 0.6 is 0 Å². The SMILES string of the molecule is CC(C)c1cnc(Nc2ccc(-c3ccc(CN4CCC(O)(c5ccc6c(c5)CN(C5CCC(=O)NC5=O)C6=O)CC4)cc3)cn2)nc1. The van der Waals surface area contributed by atoms with Crippen molar-refractivity contribution >= 4 is 29.5 Å². The molecule has 2 saturated heterocycles. The normalized spacial score (nSPS) is 19.4. The first kappa shape index (κ1) is 31.6. The van der Waals surface area contributed by atoms with Gasteiger partial charge in [0.25, 0.3) is 5.91 Å². The van der Waals surface area contributed by atoms with Gasteiger partial charge in [0.05, 0.1) is 5.60 Å². The second-order valence-corrected chi connectivity index (χ2v) is 13.3. The van der Waals surface area contributed by atoms with Crippen molar-refractivity contribution < 1.29 is 19.5 Å². The number of anilines is 2. The number of piperidine rings is 2. The molecule has 0 saturated carbocycles. The largest absolute Gasteiger partial charge is 0.385 e. The summed E-state index contributed by atoms with van der Waals surface area (Å²) in [6.45, 7) is 6.77. The smallest absolute Gasteiger partial charge is 0.255 e. The molecular weight excluding hydrogens is 606 g/mol. The van der Waals surface area contributed by atoms with Gasteiger partial charge in [0.2, 0.25) is 17.8 Å².